The molecule has 0 amide bonds. The molecule has 0 atom stereocenters. The van der Waals surface area contributed by atoms with Crippen molar-refractivity contribution in [2.45, 2.75) is 72.2 Å². The Morgan fingerprint density at radius 2 is 1.02 bits per heavy atom. The van der Waals surface area contributed by atoms with Gasteiger partial charge in [-0.1, -0.05) is 68.4 Å². The van der Waals surface area contributed by atoms with Crippen molar-refractivity contribution in [3.8, 4) is 23.0 Å². The van der Waals surface area contributed by atoms with Crippen molar-refractivity contribution in [2.24, 2.45) is 10.8 Å². The minimum Gasteiger partial charge on any atom is -0.494 e. The lowest BCUT2D eigenvalue weighted by atomic mass is 9.84. The summed E-state index contributed by atoms with van der Waals surface area (Å²) in [5.74, 6) is 2.06. The van der Waals surface area contributed by atoms with E-state index in [9.17, 15) is 4.79 Å². The number of ether oxygens (including phenoxy) is 9. The average Bonchev–Trinajstić information content (AvgIpc) is 3.23. The summed E-state index contributed by atoms with van der Waals surface area (Å²) >= 11 is 0. The van der Waals surface area contributed by atoms with Crippen molar-refractivity contribution in [1.82, 2.24) is 0 Å². The van der Waals surface area contributed by atoms with Crippen molar-refractivity contribution in [1.29, 1.82) is 0 Å². The number of esters is 1. The van der Waals surface area contributed by atoms with Gasteiger partial charge in [0.05, 0.1) is 52.9 Å². The fourth-order valence-corrected chi connectivity index (χ4v) is 6.51. The van der Waals surface area contributed by atoms with E-state index in [-0.39, 0.29) is 24.0 Å². The van der Waals surface area contributed by atoms with Crippen LogP contribution in [0.5, 0.6) is 23.0 Å². The molecule has 2 aliphatic heterocycles. The van der Waals surface area contributed by atoms with Gasteiger partial charge in [0.1, 0.15) is 48.4 Å². The van der Waals surface area contributed by atoms with Gasteiger partial charge in [0.25, 0.3) is 0 Å². The minimum absolute atomic E-state index is 0.144. The summed E-state index contributed by atoms with van der Waals surface area (Å²) in [4.78, 5) is 13.4. The number of carbonyl (C=O) groups is 1. The third-order valence-corrected chi connectivity index (χ3v) is 10.9. The van der Waals surface area contributed by atoms with Gasteiger partial charge in [-0.25, -0.2) is 4.79 Å². The molecule has 6 rings (SSSR count). The van der Waals surface area contributed by atoms with Crippen LogP contribution in [-0.2, 0) is 43.5 Å². The molecule has 10 nitrogen and oxygen atoms in total. The number of carbonyl (C=O) groups excluding carboxylic acids is 1. The highest BCUT2D eigenvalue weighted by molar-refractivity contribution is 5.93. The number of hydrogen-bond acceptors (Lipinski definition) is 10. The number of hydrogen-bond donors (Lipinski definition) is 0. The highest BCUT2D eigenvalue weighted by Gasteiger charge is 2.37. The molecule has 10 heteroatoms. The van der Waals surface area contributed by atoms with Crippen molar-refractivity contribution in [3.05, 3.63) is 119 Å². The van der Waals surface area contributed by atoms with Crippen molar-refractivity contribution in [3.63, 3.8) is 0 Å². The van der Waals surface area contributed by atoms with Crippen LogP contribution in [0.25, 0.3) is 0 Å². The first-order valence-electron chi connectivity index (χ1n) is 20.8. The fourth-order valence-electron chi connectivity index (χ4n) is 6.51. The van der Waals surface area contributed by atoms with Crippen molar-refractivity contribution >= 4 is 5.97 Å². The van der Waals surface area contributed by atoms with Gasteiger partial charge in [-0.3, -0.25) is 0 Å². The number of unbranched alkanes of at least 4 members (excludes halogenated alkanes) is 2. The Balaban J connectivity index is 0.941. The van der Waals surface area contributed by atoms with Crippen LogP contribution < -0.4 is 18.9 Å². The molecule has 0 saturated carbocycles. The van der Waals surface area contributed by atoms with E-state index in [0.717, 1.165) is 120 Å². The van der Waals surface area contributed by atoms with Gasteiger partial charge < -0.3 is 42.6 Å². The molecule has 0 N–H and O–H groups in total. The Morgan fingerprint density at radius 3 is 1.52 bits per heavy atom. The second-order valence-electron chi connectivity index (χ2n) is 15.5. The third-order valence-electron chi connectivity index (χ3n) is 10.9. The molecule has 0 aliphatic carbocycles. The Morgan fingerprint density at radius 1 is 0.534 bits per heavy atom. The first-order valence-corrected chi connectivity index (χ1v) is 20.8. The lowest BCUT2D eigenvalue weighted by Gasteiger charge is -2.40. The molecule has 0 bridgehead atoms. The summed E-state index contributed by atoms with van der Waals surface area (Å²) in [7, 11) is 0. The van der Waals surface area contributed by atoms with E-state index in [2.05, 4.69) is 13.8 Å². The quantitative estimate of drug-likeness (QED) is 0.0429. The zero-order valence-corrected chi connectivity index (χ0v) is 34.3. The zero-order valence-electron chi connectivity index (χ0n) is 34.3. The molecular formula is C48H60O10. The average molecular weight is 797 g/mol. The normalized spacial score (nSPS) is 15.1. The molecule has 4 aromatic rings. The SMILES string of the molecule is CCC1(COCCCCOc2ccc(COc3ccc(OCc4ccc(OCCCCOCC5(CC)COC5)cc4)c(C(=O)OCc4ccccc4)c3)cc2)COC1. The van der Waals surface area contributed by atoms with Gasteiger partial charge >= 0.3 is 5.97 Å². The van der Waals surface area contributed by atoms with Crippen LogP contribution in [-0.4, -0.2) is 72.0 Å². The van der Waals surface area contributed by atoms with Crippen LogP contribution in [0.3, 0.4) is 0 Å². The monoisotopic (exact) mass is 796 g/mol. The smallest absolute Gasteiger partial charge is 0.342 e. The molecule has 312 valence electrons. The first kappa shape index (κ1) is 43.0. The fraction of sp³-hybridized carbons (Fsp3) is 0.479. The summed E-state index contributed by atoms with van der Waals surface area (Å²) in [6.45, 7) is 12.6. The second kappa shape index (κ2) is 22.5. The van der Waals surface area contributed by atoms with Gasteiger partial charge in [0.15, 0.2) is 0 Å². The lowest BCUT2D eigenvalue weighted by molar-refractivity contribution is -0.150. The first-order chi connectivity index (χ1) is 28.5. The molecule has 0 unspecified atom stereocenters. The molecule has 2 aliphatic rings. The topological polar surface area (TPSA) is 100 Å². The molecule has 0 radical (unpaired) electrons. The predicted molar refractivity (Wildman–Crippen MR) is 222 cm³/mol. The van der Waals surface area contributed by atoms with Crippen molar-refractivity contribution in [2.75, 3.05) is 66.1 Å². The van der Waals surface area contributed by atoms with E-state index >= 15 is 0 Å². The zero-order chi connectivity index (χ0) is 40.3. The minimum atomic E-state index is -0.494. The highest BCUT2D eigenvalue weighted by atomic mass is 16.5. The summed E-state index contributed by atoms with van der Waals surface area (Å²) in [5.41, 5.74) is 3.55. The van der Waals surface area contributed by atoms with Crippen LogP contribution >= 0.6 is 0 Å². The molecule has 0 aromatic heterocycles. The maximum absolute atomic E-state index is 13.4. The second-order valence-corrected chi connectivity index (χ2v) is 15.5. The molecule has 0 spiro atoms. The molecule has 58 heavy (non-hydrogen) atoms. The summed E-state index contributed by atoms with van der Waals surface area (Å²) < 4.78 is 52.5. The Labute approximate surface area is 344 Å². The van der Waals surface area contributed by atoms with Gasteiger partial charge in [0, 0.05) is 24.0 Å². The maximum Gasteiger partial charge on any atom is 0.342 e. The van der Waals surface area contributed by atoms with Crippen molar-refractivity contribution < 1.29 is 47.4 Å². The summed E-state index contributed by atoms with van der Waals surface area (Å²) in [6, 6.07) is 30.5. The molecular weight excluding hydrogens is 737 g/mol. The summed E-state index contributed by atoms with van der Waals surface area (Å²) in [6.07, 6.45) is 5.92. The van der Waals surface area contributed by atoms with Crippen LogP contribution in [0.4, 0.5) is 0 Å². The largest absolute Gasteiger partial charge is 0.494 e. The number of rotatable bonds is 27. The highest BCUT2D eigenvalue weighted by Crippen LogP contribution is 2.32. The third kappa shape index (κ3) is 13.2. The van der Waals surface area contributed by atoms with E-state index in [1.165, 1.54) is 0 Å². The van der Waals surface area contributed by atoms with Gasteiger partial charge in [-0.2, -0.15) is 0 Å². The standard InChI is InChI=1S/C48H60O10/c1-3-47(34-52-35-47)32-50-24-8-10-26-54-41-18-14-39(15-19-41)29-56-43-22-23-45(44(28-43)46(49)58-31-38-12-6-5-7-13-38)57-30-40-16-20-42(21-17-40)55-27-11-9-25-51-33-48(4-2)36-53-37-48/h5-7,12-23,28H,3-4,8-11,24-27,29-37H2,1-2H3. The van der Waals surface area contributed by atoms with Gasteiger partial charge in [-0.15, -0.1) is 0 Å². The Kier molecular flexibility index (Phi) is 16.7. The van der Waals surface area contributed by atoms with Crippen LogP contribution in [0.15, 0.2) is 97.1 Å². The van der Waals surface area contributed by atoms with Gasteiger partial charge in [-0.05, 0) is 97.7 Å². The molecule has 2 saturated heterocycles. The van der Waals surface area contributed by atoms with E-state index in [4.69, 9.17) is 42.6 Å². The summed E-state index contributed by atoms with van der Waals surface area (Å²) in [5, 5.41) is 0. The van der Waals surface area contributed by atoms with Crippen LogP contribution in [0, 0.1) is 10.8 Å². The molecule has 4 aromatic carbocycles. The van der Waals surface area contributed by atoms with Crippen LogP contribution in [0.2, 0.25) is 0 Å². The molecule has 2 heterocycles. The Bertz CT molecular complexity index is 1770. The van der Waals surface area contributed by atoms with E-state index < -0.39 is 5.97 Å². The van der Waals surface area contributed by atoms with E-state index in [0.29, 0.717) is 36.9 Å². The lowest BCUT2D eigenvalue weighted by Crippen LogP contribution is -2.45. The van der Waals surface area contributed by atoms with E-state index in [1.807, 2.05) is 78.9 Å². The van der Waals surface area contributed by atoms with Gasteiger partial charge in [0.2, 0.25) is 0 Å². The van der Waals surface area contributed by atoms with Crippen LogP contribution in [0.1, 0.15) is 79.4 Å². The maximum atomic E-state index is 13.4. The van der Waals surface area contributed by atoms with E-state index in [1.54, 1.807) is 18.2 Å². The Hall–Kier alpha value is -4.61. The molecule has 2 fully saturated rings. The number of benzene rings is 4. The predicted octanol–water partition coefficient (Wildman–Crippen LogP) is 9.41.